The number of hydrogen-bond acceptors (Lipinski definition) is 3. The molecule has 1 amide bonds. The van der Waals surface area contributed by atoms with Gasteiger partial charge < -0.3 is 15.0 Å². The molecule has 4 heteroatoms. The minimum Gasteiger partial charge on any atom is -0.497 e. The van der Waals surface area contributed by atoms with Gasteiger partial charge in [-0.1, -0.05) is 13.0 Å². The third-order valence-corrected chi connectivity index (χ3v) is 3.68. The third-order valence-electron chi connectivity index (χ3n) is 3.68. The van der Waals surface area contributed by atoms with Crippen LogP contribution in [0.3, 0.4) is 0 Å². The second kappa shape index (κ2) is 6.06. The van der Waals surface area contributed by atoms with Crippen LogP contribution >= 0.6 is 0 Å². The van der Waals surface area contributed by atoms with Crippen LogP contribution < -0.4 is 10.1 Å². The zero-order valence-corrected chi connectivity index (χ0v) is 11.9. The Bertz CT molecular complexity index is 459. The highest BCUT2D eigenvalue weighted by molar-refractivity contribution is 5.76. The van der Waals surface area contributed by atoms with Crippen molar-refractivity contribution in [2.45, 2.75) is 26.3 Å². The van der Waals surface area contributed by atoms with Gasteiger partial charge >= 0.3 is 0 Å². The zero-order valence-electron chi connectivity index (χ0n) is 11.9. The van der Waals surface area contributed by atoms with E-state index in [1.165, 1.54) is 11.1 Å². The molecule has 1 N–H and O–H groups in total. The lowest BCUT2D eigenvalue weighted by Crippen LogP contribution is -2.48. The van der Waals surface area contributed by atoms with E-state index in [0.29, 0.717) is 6.42 Å². The van der Waals surface area contributed by atoms with Gasteiger partial charge in [0, 0.05) is 26.1 Å². The van der Waals surface area contributed by atoms with E-state index < -0.39 is 0 Å². The molecular formula is C15H22N2O2. The van der Waals surface area contributed by atoms with Gasteiger partial charge in [0.1, 0.15) is 5.75 Å². The summed E-state index contributed by atoms with van der Waals surface area (Å²) < 4.78 is 5.23. The summed E-state index contributed by atoms with van der Waals surface area (Å²) in [5, 5.41) is 3.49. The average molecular weight is 262 g/mol. The highest BCUT2D eigenvalue weighted by Crippen LogP contribution is 2.24. The predicted molar refractivity (Wildman–Crippen MR) is 75.3 cm³/mol. The van der Waals surface area contributed by atoms with E-state index in [4.69, 9.17) is 4.74 Å². The van der Waals surface area contributed by atoms with Gasteiger partial charge in [-0.25, -0.2) is 0 Å². The molecule has 104 valence electrons. The van der Waals surface area contributed by atoms with E-state index in [1.807, 2.05) is 24.0 Å². The molecule has 1 aromatic rings. The van der Waals surface area contributed by atoms with Crippen LogP contribution in [-0.2, 0) is 4.79 Å². The van der Waals surface area contributed by atoms with Gasteiger partial charge in [0.05, 0.1) is 13.2 Å². The van der Waals surface area contributed by atoms with Crippen LogP contribution in [0.15, 0.2) is 18.2 Å². The largest absolute Gasteiger partial charge is 0.497 e. The number of amides is 1. The number of nitrogens with one attached hydrogen (secondary N) is 1. The number of nitrogens with zero attached hydrogens (tertiary/aromatic N) is 1. The number of ether oxygens (including phenoxy) is 1. The number of benzene rings is 1. The van der Waals surface area contributed by atoms with Crippen molar-refractivity contribution in [3.63, 3.8) is 0 Å². The van der Waals surface area contributed by atoms with Crippen LogP contribution in [0.4, 0.5) is 0 Å². The van der Waals surface area contributed by atoms with Crippen molar-refractivity contribution in [2.24, 2.45) is 0 Å². The molecule has 1 atom stereocenters. The van der Waals surface area contributed by atoms with Gasteiger partial charge in [-0.2, -0.15) is 0 Å². The lowest BCUT2D eigenvalue weighted by atomic mass is 9.99. The van der Waals surface area contributed by atoms with Crippen molar-refractivity contribution in [3.8, 4) is 5.75 Å². The summed E-state index contributed by atoms with van der Waals surface area (Å²) in [5.41, 5.74) is 2.44. The fraction of sp³-hybridized carbons (Fsp3) is 0.533. The second-order valence-corrected chi connectivity index (χ2v) is 4.92. The minimum atomic E-state index is 0.218. The molecule has 1 fully saturated rings. The Balaban J connectivity index is 2.15. The fourth-order valence-electron chi connectivity index (χ4n) is 2.57. The van der Waals surface area contributed by atoms with Crippen molar-refractivity contribution >= 4 is 5.91 Å². The molecule has 0 radical (unpaired) electrons. The van der Waals surface area contributed by atoms with Gasteiger partial charge in [-0.05, 0) is 30.2 Å². The SMILES string of the molecule is CCC(=O)N1CCNC(c2ccc(OC)cc2C)C1. The van der Waals surface area contributed by atoms with Gasteiger partial charge in [0.15, 0.2) is 0 Å². The van der Waals surface area contributed by atoms with Crippen LogP contribution in [0.25, 0.3) is 0 Å². The minimum absolute atomic E-state index is 0.218. The molecule has 1 aliphatic heterocycles. The Morgan fingerprint density at radius 2 is 2.32 bits per heavy atom. The highest BCUT2D eigenvalue weighted by atomic mass is 16.5. The van der Waals surface area contributed by atoms with Crippen molar-refractivity contribution in [2.75, 3.05) is 26.7 Å². The number of aryl methyl sites for hydroxylation is 1. The van der Waals surface area contributed by atoms with Gasteiger partial charge in [0.25, 0.3) is 0 Å². The molecule has 0 bridgehead atoms. The van der Waals surface area contributed by atoms with Gasteiger partial charge in [-0.15, -0.1) is 0 Å². The summed E-state index contributed by atoms with van der Waals surface area (Å²) in [4.78, 5) is 13.8. The van der Waals surface area contributed by atoms with Crippen molar-refractivity contribution in [3.05, 3.63) is 29.3 Å². The zero-order chi connectivity index (χ0) is 13.8. The monoisotopic (exact) mass is 262 g/mol. The molecule has 1 heterocycles. The maximum atomic E-state index is 11.8. The Morgan fingerprint density at radius 1 is 1.53 bits per heavy atom. The number of carbonyl (C=O) groups excluding carboxylic acids is 1. The molecule has 1 aromatic carbocycles. The normalized spacial score (nSPS) is 19.3. The van der Waals surface area contributed by atoms with E-state index >= 15 is 0 Å². The fourth-order valence-corrected chi connectivity index (χ4v) is 2.57. The van der Waals surface area contributed by atoms with Crippen LogP contribution in [-0.4, -0.2) is 37.6 Å². The summed E-state index contributed by atoms with van der Waals surface area (Å²) in [6.07, 6.45) is 0.578. The molecule has 0 spiro atoms. The first-order valence-electron chi connectivity index (χ1n) is 6.81. The van der Waals surface area contributed by atoms with Crippen molar-refractivity contribution < 1.29 is 9.53 Å². The maximum absolute atomic E-state index is 11.8. The number of hydrogen-bond donors (Lipinski definition) is 1. The molecular weight excluding hydrogens is 240 g/mol. The standard InChI is InChI=1S/C15H22N2O2/c1-4-15(18)17-8-7-16-14(10-17)13-6-5-12(19-3)9-11(13)2/h5-6,9,14,16H,4,7-8,10H2,1-3H3. The Labute approximate surface area is 114 Å². The number of rotatable bonds is 3. The first kappa shape index (κ1) is 13.9. The lowest BCUT2D eigenvalue weighted by molar-refractivity contribution is -0.132. The van der Waals surface area contributed by atoms with Crippen LogP contribution in [0.2, 0.25) is 0 Å². The Kier molecular flexibility index (Phi) is 4.43. The average Bonchev–Trinajstić information content (AvgIpc) is 2.46. The van der Waals surface area contributed by atoms with E-state index in [-0.39, 0.29) is 11.9 Å². The summed E-state index contributed by atoms with van der Waals surface area (Å²) in [5.74, 6) is 1.11. The van der Waals surface area contributed by atoms with E-state index in [0.717, 1.165) is 25.4 Å². The molecule has 4 nitrogen and oxygen atoms in total. The molecule has 1 saturated heterocycles. The molecule has 1 unspecified atom stereocenters. The highest BCUT2D eigenvalue weighted by Gasteiger charge is 2.24. The van der Waals surface area contributed by atoms with Crippen molar-refractivity contribution in [1.82, 2.24) is 10.2 Å². The van der Waals surface area contributed by atoms with Crippen LogP contribution in [0.5, 0.6) is 5.75 Å². The summed E-state index contributed by atoms with van der Waals surface area (Å²) in [6.45, 7) is 6.40. The van der Waals surface area contributed by atoms with E-state index in [2.05, 4.69) is 18.3 Å². The quantitative estimate of drug-likeness (QED) is 0.904. The number of carbonyl (C=O) groups is 1. The molecule has 1 aliphatic rings. The predicted octanol–water partition coefficient (Wildman–Crippen LogP) is 1.89. The van der Waals surface area contributed by atoms with Gasteiger partial charge in [0.2, 0.25) is 5.91 Å². The second-order valence-electron chi connectivity index (χ2n) is 4.92. The van der Waals surface area contributed by atoms with Gasteiger partial charge in [-0.3, -0.25) is 4.79 Å². The smallest absolute Gasteiger partial charge is 0.222 e. The van der Waals surface area contributed by atoms with Crippen LogP contribution in [0.1, 0.15) is 30.5 Å². The number of methoxy groups -OCH3 is 1. The van der Waals surface area contributed by atoms with Crippen LogP contribution in [0, 0.1) is 6.92 Å². The summed E-state index contributed by atoms with van der Waals surface area (Å²) in [7, 11) is 1.68. The maximum Gasteiger partial charge on any atom is 0.222 e. The number of piperazine rings is 1. The lowest BCUT2D eigenvalue weighted by Gasteiger charge is -2.34. The van der Waals surface area contributed by atoms with E-state index in [1.54, 1.807) is 7.11 Å². The third kappa shape index (κ3) is 3.07. The Morgan fingerprint density at radius 3 is 2.95 bits per heavy atom. The first-order valence-corrected chi connectivity index (χ1v) is 6.81. The topological polar surface area (TPSA) is 41.6 Å². The molecule has 0 saturated carbocycles. The summed E-state index contributed by atoms with van der Waals surface area (Å²) >= 11 is 0. The molecule has 2 rings (SSSR count). The van der Waals surface area contributed by atoms with Crippen molar-refractivity contribution in [1.29, 1.82) is 0 Å². The molecule has 0 aromatic heterocycles. The Hall–Kier alpha value is -1.55. The molecule has 19 heavy (non-hydrogen) atoms. The molecule has 0 aliphatic carbocycles. The summed E-state index contributed by atoms with van der Waals surface area (Å²) in [6, 6.07) is 6.32. The first-order chi connectivity index (χ1) is 9.15. The van der Waals surface area contributed by atoms with E-state index in [9.17, 15) is 4.79 Å².